The van der Waals surface area contributed by atoms with Gasteiger partial charge in [0.2, 0.25) is 0 Å². The average molecular weight is 578 g/mol. The van der Waals surface area contributed by atoms with Crippen molar-refractivity contribution in [1.82, 2.24) is 0 Å². The van der Waals surface area contributed by atoms with E-state index in [2.05, 4.69) is 0 Å². The van der Waals surface area contributed by atoms with Gasteiger partial charge in [0.25, 0.3) is 11.8 Å². The number of carboxylic acids is 1. The van der Waals surface area contributed by atoms with Crippen LogP contribution in [-0.4, -0.2) is 41.2 Å². The topological polar surface area (TPSA) is 93.1 Å². The molecule has 4 rings (SSSR count). The van der Waals surface area contributed by atoms with Gasteiger partial charge in [-0.2, -0.15) is 0 Å². The fourth-order valence-electron chi connectivity index (χ4n) is 3.96. The van der Waals surface area contributed by atoms with Gasteiger partial charge in [0, 0.05) is 16.2 Å². The van der Waals surface area contributed by atoms with Crippen molar-refractivity contribution in [1.29, 1.82) is 0 Å². The zero-order chi connectivity index (χ0) is 28.7. The zero-order valence-electron chi connectivity index (χ0n) is 22.5. The van der Waals surface area contributed by atoms with E-state index in [1.54, 1.807) is 31.2 Å². The summed E-state index contributed by atoms with van der Waals surface area (Å²) in [4.78, 5) is 41.8. The Labute approximate surface area is 242 Å². The molecule has 0 spiro atoms. The largest absolute Gasteiger partial charge is 0.488 e. The second kappa shape index (κ2) is 13.2. The van der Waals surface area contributed by atoms with Crippen molar-refractivity contribution in [2.45, 2.75) is 55.1 Å². The maximum absolute atomic E-state index is 13.6. The first-order valence-electron chi connectivity index (χ1n) is 12.8. The predicted molar refractivity (Wildman–Crippen MR) is 158 cm³/mol. The van der Waals surface area contributed by atoms with Gasteiger partial charge in [0.15, 0.2) is 0 Å². The zero-order valence-corrected chi connectivity index (χ0v) is 24.2. The molecule has 2 amide bonds. The lowest BCUT2D eigenvalue weighted by atomic mass is 10.1. The van der Waals surface area contributed by atoms with Crippen LogP contribution in [0.2, 0.25) is 0 Å². The summed E-state index contributed by atoms with van der Waals surface area (Å²) in [5.41, 5.74) is -0.120. The number of carbonyl (C=O) groups is 3. The van der Waals surface area contributed by atoms with Crippen molar-refractivity contribution in [2.24, 2.45) is 0 Å². The fourth-order valence-corrected chi connectivity index (χ4v) is 5.99. The summed E-state index contributed by atoms with van der Waals surface area (Å²) in [7, 11) is 0. The van der Waals surface area contributed by atoms with Crippen LogP contribution in [0.25, 0.3) is 0 Å². The van der Waals surface area contributed by atoms with Crippen molar-refractivity contribution >= 4 is 47.0 Å². The quantitative estimate of drug-likeness (QED) is 0.222. The standard InChI is InChI=1S/C31H31NO6S2/c1-21(20-26(33)34)37-19-18-31(2,3)38-23-16-14-22(15-17-23)32-29(35)27(39-24-10-6-4-7-11-24)28(30(32)36)40-25-12-8-5-9-13-25/h4-17,21H,18-20H2,1-3H3,(H,33,34). The molecule has 0 saturated heterocycles. The van der Waals surface area contributed by atoms with E-state index in [-0.39, 0.29) is 24.3 Å². The number of rotatable bonds is 13. The SMILES string of the molecule is CC(CC(=O)O)OCCC(C)(C)Oc1ccc(N2C(=O)C(Sc3ccccc3)=C(Sc3ccccc3)C2=O)cc1. The first kappa shape index (κ1) is 29.5. The van der Waals surface area contributed by atoms with Crippen molar-refractivity contribution < 1.29 is 29.0 Å². The molecular weight excluding hydrogens is 546 g/mol. The Morgan fingerprint density at radius 2 is 1.35 bits per heavy atom. The summed E-state index contributed by atoms with van der Waals surface area (Å²) in [5, 5.41) is 8.88. The van der Waals surface area contributed by atoms with Gasteiger partial charge < -0.3 is 14.6 Å². The number of thioether (sulfide) groups is 2. The predicted octanol–water partition coefficient (Wildman–Crippen LogP) is 6.78. The molecule has 208 valence electrons. The number of aliphatic carboxylic acids is 1. The second-order valence-corrected chi connectivity index (χ2v) is 12.0. The third-order valence-corrected chi connectivity index (χ3v) is 8.30. The maximum Gasteiger partial charge on any atom is 0.305 e. The molecule has 0 radical (unpaired) electrons. The molecule has 1 N–H and O–H groups in total. The summed E-state index contributed by atoms with van der Waals surface area (Å²) >= 11 is 2.58. The second-order valence-electron chi connectivity index (χ2n) is 9.82. The summed E-state index contributed by atoms with van der Waals surface area (Å²) in [6.07, 6.45) is 0.112. The number of benzene rings is 3. The Morgan fingerprint density at radius 3 is 1.82 bits per heavy atom. The van der Waals surface area contributed by atoms with Crippen molar-refractivity contribution in [3.05, 3.63) is 94.7 Å². The van der Waals surface area contributed by atoms with E-state index in [1.165, 1.54) is 28.4 Å². The molecule has 3 aromatic carbocycles. The molecule has 1 aliphatic heterocycles. The van der Waals surface area contributed by atoms with Gasteiger partial charge in [-0.3, -0.25) is 14.4 Å². The number of ether oxygens (including phenoxy) is 2. The first-order valence-corrected chi connectivity index (χ1v) is 14.5. The normalized spacial score (nSPS) is 14.5. The van der Waals surface area contributed by atoms with Crippen molar-refractivity contribution in [3.8, 4) is 5.75 Å². The molecule has 1 atom stereocenters. The van der Waals surface area contributed by atoms with Crippen LogP contribution >= 0.6 is 23.5 Å². The molecule has 9 heteroatoms. The van der Waals surface area contributed by atoms with E-state index in [0.29, 0.717) is 34.3 Å². The average Bonchev–Trinajstić information content (AvgIpc) is 3.13. The Bertz CT molecular complexity index is 1310. The third-order valence-electron chi connectivity index (χ3n) is 5.98. The minimum Gasteiger partial charge on any atom is -0.488 e. The van der Waals surface area contributed by atoms with Crippen LogP contribution in [0.5, 0.6) is 5.75 Å². The molecule has 7 nitrogen and oxygen atoms in total. The number of hydrogen-bond donors (Lipinski definition) is 1. The van der Waals surface area contributed by atoms with Crippen LogP contribution < -0.4 is 9.64 Å². The van der Waals surface area contributed by atoms with Crippen LogP contribution in [0.15, 0.2) is 105 Å². The highest BCUT2D eigenvalue weighted by Crippen LogP contribution is 2.44. The van der Waals surface area contributed by atoms with Crippen LogP contribution in [0.1, 0.15) is 33.6 Å². The van der Waals surface area contributed by atoms with E-state index in [4.69, 9.17) is 14.6 Å². The summed E-state index contributed by atoms with van der Waals surface area (Å²) in [5.74, 6) is -1.04. The van der Waals surface area contributed by atoms with Crippen LogP contribution in [0.3, 0.4) is 0 Å². The molecule has 40 heavy (non-hydrogen) atoms. The molecule has 3 aromatic rings. The number of carbonyl (C=O) groups excluding carboxylic acids is 2. The minimum atomic E-state index is -0.898. The van der Waals surface area contributed by atoms with E-state index in [0.717, 1.165) is 9.79 Å². The molecule has 1 unspecified atom stereocenters. The van der Waals surface area contributed by atoms with E-state index in [9.17, 15) is 14.4 Å². The third kappa shape index (κ3) is 7.78. The lowest BCUT2D eigenvalue weighted by Gasteiger charge is -2.27. The van der Waals surface area contributed by atoms with Gasteiger partial charge in [0.1, 0.15) is 11.4 Å². The molecule has 1 aliphatic rings. The van der Waals surface area contributed by atoms with E-state index < -0.39 is 11.6 Å². The Hall–Kier alpha value is -3.53. The summed E-state index contributed by atoms with van der Waals surface area (Å²) in [6.45, 7) is 5.92. The van der Waals surface area contributed by atoms with Gasteiger partial charge in [-0.25, -0.2) is 4.90 Å². The van der Waals surface area contributed by atoms with Crippen molar-refractivity contribution in [3.63, 3.8) is 0 Å². The minimum absolute atomic E-state index is 0.0529. The Morgan fingerprint density at radius 1 is 0.850 bits per heavy atom. The van der Waals surface area contributed by atoms with Gasteiger partial charge in [-0.15, -0.1) is 0 Å². The summed E-state index contributed by atoms with van der Waals surface area (Å²) in [6, 6.07) is 25.9. The molecule has 0 bridgehead atoms. The van der Waals surface area contributed by atoms with Crippen LogP contribution in [-0.2, 0) is 19.1 Å². The smallest absolute Gasteiger partial charge is 0.305 e. The molecule has 0 saturated carbocycles. The lowest BCUT2D eigenvalue weighted by Crippen LogP contribution is -2.32. The Balaban J connectivity index is 1.47. The number of hydrogen-bond acceptors (Lipinski definition) is 7. The van der Waals surface area contributed by atoms with Gasteiger partial charge >= 0.3 is 5.97 Å². The maximum atomic E-state index is 13.6. The number of amides is 2. The highest BCUT2D eigenvalue weighted by atomic mass is 32.2. The van der Waals surface area contributed by atoms with Gasteiger partial charge in [-0.1, -0.05) is 59.9 Å². The molecule has 1 heterocycles. The number of imide groups is 1. The van der Waals surface area contributed by atoms with Gasteiger partial charge in [0.05, 0.1) is 34.6 Å². The molecule has 0 fully saturated rings. The molecule has 0 aliphatic carbocycles. The van der Waals surface area contributed by atoms with Crippen molar-refractivity contribution in [2.75, 3.05) is 11.5 Å². The van der Waals surface area contributed by atoms with Gasteiger partial charge in [-0.05, 0) is 69.3 Å². The van der Waals surface area contributed by atoms with Crippen LogP contribution in [0.4, 0.5) is 5.69 Å². The molecular formula is C31H31NO6S2. The number of anilines is 1. The number of carboxylic acid groups (broad SMARTS) is 1. The fraction of sp³-hybridized carbons (Fsp3) is 0.258. The lowest BCUT2D eigenvalue weighted by molar-refractivity contribution is -0.140. The molecule has 0 aromatic heterocycles. The van der Waals surface area contributed by atoms with E-state index >= 15 is 0 Å². The Kier molecular flexibility index (Phi) is 9.73. The van der Waals surface area contributed by atoms with E-state index in [1.807, 2.05) is 74.5 Å². The van der Waals surface area contributed by atoms with Crippen LogP contribution in [0, 0.1) is 0 Å². The first-order chi connectivity index (χ1) is 19.1. The highest BCUT2D eigenvalue weighted by molar-refractivity contribution is 8.08. The monoisotopic (exact) mass is 577 g/mol. The summed E-state index contributed by atoms with van der Waals surface area (Å²) < 4.78 is 11.7. The number of nitrogens with zero attached hydrogens (tertiary/aromatic N) is 1. The highest BCUT2D eigenvalue weighted by Gasteiger charge is 2.40.